The van der Waals surface area contributed by atoms with Crippen molar-refractivity contribution in [1.82, 2.24) is 0 Å². The number of phenolic OH excluding ortho intramolecular Hbond substituents is 3. The Kier molecular flexibility index (Phi) is 6.36. The summed E-state index contributed by atoms with van der Waals surface area (Å²) in [4.78, 5) is 12.7. The van der Waals surface area contributed by atoms with Gasteiger partial charge in [-0.05, 0) is 12.1 Å². The van der Waals surface area contributed by atoms with Crippen molar-refractivity contribution >= 4 is 11.0 Å². The van der Waals surface area contributed by atoms with Crippen LogP contribution in [0.15, 0.2) is 33.5 Å². The van der Waals surface area contributed by atoms with Gasteiger partial charge in [0.05, 0.1) is 13.7 Å². The highest BCUT2D eigenvalue weighted by Crippen LogP contribution is 2.44. The zero-order valence-electron chi connectivity index (χ0n) is 18.0. The van der Waals surface area contributed by atoms with Gasteiger partial charge < -0.3 is 59.5 Å². The molecular formula is C22H22O13. The fourth-order valence-corrected chi connectivity index (χ4v) is 3.72. The second-order valence-electron chi connectivity index (χ2n) is 7.79. The maximum Gasteiger partial charge on any atom is 0.238 e. The summed E-state index contributed by atoms with van der Waals surface area (Å²) in [6.45, 7) is -0.712. The summed E-state index contributed by atoms with van der Waals surface area (Å²) in [6, 6.07) is 4.21. The van der Waals surface area contributed by atoms with E-state index in [0.29, 0.717) is 0 Å². The quantitative estimate of drug-likeness (QED) is 0.224. The number of fused-ring (bicyclic) bond motifs is 1. The Labute approximate surface area is 195 Å². The van der Waals surface area contributed by atoms with Crippen LogP contribution in [0, 0.1) is 0 Å². The molecule has 5 atom stereocenters. The van der Waals surface area contributed by atoms with Gasteiger partial charge in [0.15, 0.2) is 17.3 Å². The molecule has 35 heavy (non-hydrogen) atoms. The number of benzene rings is 2. The van der Waals surface area contributed by atoms with Crippen LogP contribution in [0.4, 0.5) is 0 Å². The molecule has 2 heterocycles. The van der Waals surface area contributed by atoms with Crippen LogP contribution in [0.25, 0.3) is 22.3 Å². The van der Waals surface area contributed by atoms with E-state index in [9.17, 15) is 45.6 Å². The van der Waals surface area contributed by atoms with Gasteiger partial charge in [-0.15, -0.1) is 0 Å². The summed E-state index contributed by atoms with van der Waals surface area (Å²) in [5, 5.41) is 79.8. The summed E-state index contributed by atoms with van der Waals surface area (Å²) in [5.41, 5.74) is -1.34. The van der Waals surface area contributed by atoms with E-state index < -0.39 is 77.2 Å². The molecule has 8 N–H and O–H groups in total. The second kappa shape index (κ2) is 9.13. The summed E-state index contributed by atoms with van der Waals surface area (Å²) in [6.07, 6.45) is -8.13. The van der Waals surface area contributed by atoms with Crippen LogP contribution in [-0.4, -0.2) is 85.3 Å². The zero-order chi connectivity index (χ0) is 25.6. The standard InChI is InChI=1S/C22H22O13/c1-32-11-2-7(21-19(30)17(28)14-9(25)4-8(24)5-10(14)33-21)3-12(15(11)26)34-22-20(31)18(29)16(27)13(6-23)35-22/h2-5,13,16,18,20,22-27,29-31H,6H2,1H3/t13-,16?,18+,20?,22-/m1/s1. The van der Waals surface area contributed by atoms with Crippen molar-refractivity contribution in [3.8, 4) is 45.8 Å². The van der Waals surface area contributed by atoms with Crippen molar-refractivity contribution in [2.75, 3.05) is 13.7 Å². The van der Waals surface area contributed by atoms with Crippen LogP contribution in [0.2, 0.25) is 0 Å². The summed E-state index contributed by atoms with van der Waals surface area (Å²) < 4.78 is 21.4. The summed E-state index contributed by atoms with van der Waals surface area (Å²) in [7, 11) is 1.20. The molecule has 188 valence electrons. The Bertz CT molecular complexity index is 1320. The van der Waals surface area contributed by atoms with Crippen LogP contribution < -0.4 is 14.9 Å². The SMILES string of the molecule is COc1cc(-c2oc3cc(O)cc(O)c3c(=O)c2O)cc(O[C@@H]2O[C@H](CO)C(O)[C@H](O)C2O)c1O. The molecule has 1 aliphatic heterocycles. The maximum absolute atomic E-state index is 12.7. The number of hydrogen-bond donors (Lipinski definition) is 8. The molecule has 0 amide bonds. The Hall–Kier alpha value is -3.75. The lowest BCUT2D eigenvalue weighted by Gasteiger charge is -2.39. The highest BCUT2D eigenvalue weighted by atomic mass is 16.7. The highest BCUT2D eigenvalue weighted by molar-refractivity contribution is 5.88. The maximum atomic E-state index is 12.7. The lowest BCUT2D eigenvalue weighted by atomic mass is 9.99. The third-order valence-electron chi connectivity index (χ3n) is 5.55. The van der Waals surface area contributed by atoms with Crippen LogP contribution in [0.1, 0.15) is 0 Å². The van der Waals surface area contributed by atoms with Crippen molar-refractivity contribution < 1.29 is 59.5 Å². The molecule has 0 aliphatic carbocycles. The van der Waals surface area contributed by atoms with Crippen molar-refractivity contribution in [3.05, 3.63) is 34.5 Å². The van der Waals surface area contributed by atoms with E-state index in [0.717, 1.165) is 18.2 Å². The van der Waals surface area contributed by atoms with Gasteiger partial charge in [-0.2, -0.15) is 0 Å². The van der Waals surface area contributed by atoms with Crippen LogP contribution in [0.5, 0.6) is 34.5 Å². The molecule has 2 unspecified atom stereocenters. The van der Waals surface area contributed by atoms with Gasteiger partial charge in [0.2, 0.25) is 23.2 Å². The summed E-state index contributed by atoms with van der Waals surface area (Å²) >= 11 is 0. The molecule has 1 fully saturated rings. The van der Waals surface area contributed by atoms with Gasteiger partial charge in [0.25, 0.3) is 0 Å². The van der Waals surface area contributed by atoms with Crippen molar-refractivity contribution in [2.45, 2.75) is 30.7 Å². The minimum absolute atomic E-state index is 0.0708. The van der Waals surface area contributed by atoms with E-state index in [-0.39, 0.29) is 22.3 Å². The number of aromatic hydroxyl groups is 4. The largest absolute Gasteiger partial charge is 0.508 e. The van der Waals surface area contributed by atoms with Crippen LogP contribution in [-0.2, 0) is 4.74 Å². The van der Waals surface area contributed by atoms with E-state index in [1.54, 1.807) is 0 Å². The van der Waals surface area contributed by atoms with Gasteiger partial charge in [-0.1, -0.05) is 0 Å². The molecular weight excluding hydrogens is 472 g/mol. The van der Waals surface area contributed by atoms with E-state index in [1.807, 2.05) is 0 Å². The van der Waals surface area contributed by atoms with Gasteiger partial charge in [0.1, 0.15) is 46.9 Å². The molecule has 0 spiro atoms. The predicted octanol–water partition coefficient (Wildman–Crippen LogP) is -0.530. The third-order valence-corrected chi connectivity index (χ3v) is 5.55. The number of aliphatic hydroxyl groups excluding tert-OH is 4. The average Bonchev–Trinajstić information content (AvgIpc) is 2.82. The zero-order valence-corrected chi connectivity index (χ0v) is 18.0. The third kappa shape index (κ3) is 4.15. The monoisotopic (exact) mass is 494 g/mol. The fourth-order valence-electron chi connectivity index (χ4n) is 3.72. The molecule has 1 aliphatic rings. The minimum Gasteiger partial charge on any atom is -0.508 e. The van der Waals surface area contributed by atoms with Gasteiger partial charge in [-0.3, -0.25) is 4.79 Å². The lowest BCUT2D eigenvalue weighted by molar-refractivity contribution is -0.277. The van der Waals surface area contributed by atoms with Crippen LogP contribution >= 0.6 is 0 Å². The van der Waals surface area contributed by atoms with E-state index in [1.165, 1.54) is 13.2 Å². The molecule has 1 aromatic heterocycles. The van der Waals surface area contributed by atoms with Gasteiger partial charge in [0, 0.05) is 17.7 Å². The smallest absolute Gasteiger partial charge is 0.238 e. The van der Waals surface area contributed by atoms with Crippen molar-refractivity contribution in [2.24, 2.45) is 0 Å². The average molecular weight is 494 g/mol. The van der Waals surface area contributed by atoms with Gasteiger partial charge in [-0.25, -0.2) is 0 Å². The summed E-state index contributed by atoms with van der Waals surface area (Å²) in [5.74, 6) is -3.61. The Morgan fingerprint density at radius 1 is 0.914 bits per heavy atom. The lowest BCUT2D eigenvalue weighted by Crippen LogP contribution is -2.60. The molecule has 0 radical (unpaired) electrons. The molecule has 13 nitrogen and oxygen atoms in total. The first-order chi connectivity index (χ1) is 16.6. The van der Waals surface area contributed by atoms with E-state index in [4.69, 9.17) is 18.6 Å². The predicted molar refractivity (Wildman–Crippen MR) is 116 cm³/mol. The number of hydrogen-bond acceptors (Lipinski definition) is 13. The number of ether oxygens (including phenoxy) is 3. The Balaban J connectivity index is 1.82. The number of rotatable bonds is 5. The number of phenols is 3. The molecule has 13 heteroatoms. The van der Waals surface area contributed by atoms with E-state index in [2.05, 4.69) is 0 Å². The topological polar surface area (TPSA) is 220 Å². The van der Waals surface area contributed by atoms with E-state index >= 15 is 0 Å². The number of aliphatic hydroxyl groups is 4. The molecule has 1 saturated heterocycles. The van der Waals surface area contributed by atoms with Crippen molar-refractivity contribution in [1.29, 1.82) is 0 Å². The molecule has 3 aromatic rings. The molecule has 2 aromatic carbocycles. The number of methoxy groups -OCH3 is 1. The Morgan fingerprint density at radius 3 is 2.26 bits per heavy atom. The highest BCUT2D eigenvalue weighted by Gasteiger charge is 2.45. The normalized spacial score (nSPS) is 24.4. The molecule has 4 rings (SSSR count). The first kappa shape index (κ1) is 24.4. The van der Waals surface area contributed by atoms with Crippen molar-refractivity contribution in [3.63, 3.8) is 0 Å². The molecule has 0 bridgehead atoms. The first-order valence-electron chi connectivity index (χ1n) is 10.2. The second-order valence-corrected chi connectivity index (χ2v) is 7.79. The molecule has 0 saturated carbocycles. The van der Waals surface area contributed by atoms with Gasteiger partial charge >= 0.3 is 0 Å². The minimum atomic E-state index is -1.79. The Morgan fingerprint density at radius 2 is 1.60 bits per heavy atom. The first-order valence-corrected chi connectivity index (χ1v) is 10.2. The fraction of sp³-hybridized carbons (Fsp3) is 0.318. The van der Waals surface area contributed by atoms with Crippen LogP contribution in [0.3, 0.4) is 0 Å².